The van der Waals surface area contributed by atoms with Gasteiger partial charge in [-0.25, -0.2) is 4.79 Å². The molecular weight excluding hydrogens is 402 g/mol. The second-order valence-electron chi connectivity index (χ2n) is 7.93. The molecule has 0 saturated carbocycles. The Hall–Kier alpha value is -3.60. The van der Waals surface area contributed by atoms with Crippen molar-refractivity contribution in [2.75, 3.05) is 6.54 Å². The molecule has 1 fully saturated rings. The molecule has 1 heterocycles. The molecule has 0 unspecified atom stereocenters. The molecule has 1 aliphatic heterocycles. The zero-order chi connectivity index (χ0) is 22.2. The normalized spacial score (nSPS) is 14.2. The highest BCUT2D eigenvalue weighted by Gasteiger charge is 2.34. The van der Waals surface area contributed by atoms with Gasteiger partial charge in [-0.2, -0.15) is 0 Å². The van der Waals surface area contributed by atoms with E-state index < -0.39 is 6.04 Å². The maximum Gasteiger partial charge on any atom is 0.329 e. The number of rotatable bonds is 9. The van der Waals surface area contributed by atoms with Crippen LogP contribution >= 0.6 is 0 Å². The first-order chi connectivity index (χ1) is 15.7. The van der Waals surface area contributed by atoms with E-state index in [1.807, 2.05) is 84.9 Å². The second-order valence-corrected chi connectivity index (χ2v) is 7.93. The first-order valence-electron chi connectivity index (χ1n) is 10.9. The van der Waals surface area contributed by atoms with Crippen LogP contribution in [0.3, 0.4) is 0 Å². The third-order valence-electron chi connectivity index (χ3n) is 5.56. The minimum absolute atomic E-state index is 0.00291. The number of carbonyl (C=O) groups excluding carboxylic acids is 2. The first-order valence-corrected chi connectivity index (χ1v) is 10.9. The number of amides is 1. The Morgan fingerprint density at radius 1 is 0.844 bits per heavy atom. The quantitative estimate of drug-likeness (QED) is 0.469. The van der Waals surface area contributed by atoms with E-state index >= 15 is 0 Å². The van der Waals surface area contributed by atoms with E-state index in [0.717, 1.165) is 28.9 Å². The summed E-state index contributed by atoms with van der Waals surface area (Å²) < 4.78 is 11.5. The van der Waals surface area contributed by atoms with Crippen molar-refractivity contribution in [3.63, 3.8) is 0 Å². The van der Waals surface area contributed by atoms with Crippen molar-refractivity contribution >= 4 is 11.9 Å². The fraction of sp³-hybridized carbons (Fsp3) is 0.259. The van der Waals surface area contributed by atoms with Gasteiger partial charge in [0.2, 0.25) is 5.91 Å². The lowest BCUT2D eigenvalue weighted by Crippen LogP contribution is -2.44. The zero-order valence-corrected chi connectivity index (χ0v) is 18.0. The zero-order valence-electron chi connectivity index (χ0n) is 18.0. The average Bonchev–Trinajstić information content (AvgIpc) is 3.27. The summed E-state index contributed by atoms with van der Waals surface area (Å²) in [5, 5.41) is 0. The number of ether oxygens (including phenoxy) is 2. The summed E-state index contributed by atoms with van der Waals surface area (Å²) in [5.74, 6) is 0.360. The van der Waals surface area contributed by atoms with Crippen LogP contribution in [0, 0.1) is 0 Å². The number of nitrogens with zero attached hydrogens (tertiary/aromatic N) is 1. The number of hydrogen-bond donors (Lipinski definition) is 0. The lowest BCUT2D eigenvalue weighted by molar-refractivity contribution is -0.154. The van der Waals surface area contributed by atoms with Gasteiger partial charge in [0.05, 0.1) is 0 Å². The van der Waals surface area contributed by atoms with E-state index in [1.165, 1.54) is 0 Å². The minimum atomic E-state index is -0.641. The fourth-order valence-corrected chi connectivity index (χ4v) is 3.87. The van der Waals surface area contributed by atoms with Crippen molar-refractivity contribution in [2.24, 2.45) is 0 Å². The largest absolute Gasteiger partial charge is 0.489 e. The third kappa shape index (κ3) is 5.76. The molecule has 0 radical (unpaired) electrons. The van der Waals surface area contributed by atoms with Crippen molar-refractivity contribution in [1.29, 1.82) is 0 Å². The van der Waals surface area contributed by atoms with Crippen LogP contribution in [0.15, 0.2) is 84.9 Å². The molecule has 4 rings (SSSR count). The Labute approximate surface area is 188 Å². The molecular formula is C27H27NO4. The van der Waals surface area contributed by atoms with Crippen molar-refractivity contribution < 1.29 is 19.1 Å². The van der Waals surface area contributed by atoms with Gasteiger partial charge in [-0.1, -0.05) is 72.8 Å². The van der Waals surface area contributed by atoms with Crippen molar-refractivity contribution in [2.45, 2.75) is 38.5 Å². The summed E-state index contributed by atoms with van der Waals surface area (Å²) in [6, 6.07) is 26.6. The van der Waals surface area contributed by atoms with Gasteiger partial charge in [-0.15, -0.1) is 0 Å². The second kappa shape index (κ2) is 10.6. The Morgan fingerprint density at radius 3 is 2.16 bits per heavy atom. The Bertz CT molecular complexity index is 1040. The third-order valence-corrected chi connectivity index (χ3v) is 5.56. The van der Waals surface area contributed by atoms with Gasteiger partial charge in [0, 0.05) is 19.4 Å². The average molecular weight is 430 g/mol. The van der Waals surface area contributed by atoms with E-state index in [2.05, 4.69) is 0 Å². The Balaban J connectivity index is 1.44. The summed E-state index contributed by atoms with van der Waals surface area (Å²) >= 11 is 0. The lowest BCUT2D eigenvalue weighted by Gasteiger charge is -2.26. The molecule has 0 bridgehead atoms. The van der Waals surface area contributed by atoms with Crippen LogP contribution in [0.25, 0.3) is 0 Å². The molecule has 1 aliphatic rings. The molecule has 5 heteroatoms. The molecule has 3 aromatic rings. The van der Waals surface area contributed by atoms with Gasteiger partial charge in [0.1, 0.15) is 25.0 Å². The lowest BCUT2D eigenvalue weighted by atomic mass is 10.0. The number of carbonyl (C=O) groups is 2. The summed E-state index contributed by atoms with van der Waals surface area (Å²) in [4.78, 5) is 27.1. The summed E-state index contributed by atoms with van der Waals surface area (Å²) in [6.45, 7) is 1.24. The van der Waals surface area contributed by atoms with Crippen molar-refractivity contribution in [3.8, 4) is 5.75 Å². The van der Waals surface area contributed by atoms with Crippen LogP contribution in [0.1, 0.15) is 29.5 Å². The predicted octanol–water partition coefficient (Wildman–Crippen LogP) is 4.54. The van der Waals surface area contributed by atoms with Gasteiger partial charge >= 0.3 is 5.97 Å². The first kappa shape index (κ1) is 21.6. The van der Waals surface area contributed by atoms with Crippen LogP contribution in [0.4, 0.5) is 0 Å². The van der Waals surface area contributed by atoms with E-state index in [4.69, 9.17) is 9.47 Å². The SMILES string of the molecule is O=C(OCc1ccccc1)[C@H](Cc1cccc(OCc2ccccc2)c1)N1CCCC1=O. The van der Waals surface area contributed by atoms with Gasteiger partial charge in [0.25, 0.3) is 0 Å². The summed E-state index contributed by atoms with van der Waals surface area (Å²) in [7, 11) is 0. The van der Waals surface area contributed by atoms with Crippen LogP contribution in [-0.4, -0.2) is 29.4 Å². The molecule has 164 valence electrons. The Morgan fingerprint density at radius 2 is 1.50 bits per heavy atom. The van der Waals surface area contributed by atoms with E-state index in [1.54, 1.807) is 4.90 Å². The molecule has 0 aromatic heterocycles. The molecule has 32 heavy (non-hydrogen) atoms. The molecule has 3 aromatic carbocycles. The Kier molecular flexibility index (Phi) is 7.18. The highest BCUT2D eigenvalue weighted by Crippen LogP contribution is 2.22. The predicted molar refractivity (Wildman–Crippen MR) is 122 cm³/mol. The molecule has 0 spiro atoms. The van der Waals surface area contributed by atoms with Gasteiger partial charge < -0.3 is 14.4 Å². The van der Waals surface area contributed by atoms with E-state index in [-0.39, 0.29) is 18.5 Å². The maximum absolute atomic E-state index is 13.0. The summed E-state index contributed by atoms with van der Waals surface area (Å²) in [5.41, 5.74) is 2.93. The molecule has 1 amide bonds. The molecule has 1 atom stereocenters. The van der Waals surface area contributed by atoms with E-state index in [9.17, 15) is 9.59 Å². The van der Waals surface area contributed by atoms with E-state index in [0.29, 0.717) is 26.0 Å². The monoisotopic (exact) mass is 429 g/mol. The summed E-state index contributed by atoms with van der Waals surface area (Å²) in [6.07, 6.45) is 1.63. The number of hydrogen-bond acceptors (Lipinski definition) is 4. The fourth-order valence-electron chi connectivity index (χ4n) is 3.87. The van der Waals surface area contributed by atoms with Crippen LogP contribution < -0.4 is 4.74 Å². The van der Waals surface area contributed by atoms with Gasteiger partial charge in [0.15, 0.2) is 0 Å². The minimum Gasteiger partial charge on any atom is -0.489 e. The van der Waals surface area contributed by atoms with Crippen LogP contribution in [0.5, 0.6) is 5.75 Å². The van der Waals surface area contributed by atoms with Crippen LogP contribution in [0.2, 0.25) is 0 Å². The topological polar surface area (TPSA) is 55.8 Å². The molecule has 0 aliphatic carbocycles. The van der Waals surface area contributed by atoms with Gasteiger partial charge in [-0.3, -0.25) is 4.79 Å². The number of likely N-dealkylation sites (tertiary alicyclic amines) is 1. The number of esters is 1. The van der Waals surface area contributed by atoms with Crippen molar-refractivity contribution in [1.82, 2.24) is 4.90 Å². The molecule has 0 N–H and O–H groups in total. The molecule has 1 saturated heterocycles. The van der Waals surface area contributed by atoms with Crippen molar-refractivity contribution in [3.05, 3.63) is 102 Å². The highest BCUT2D eigenvalue weighted by atomic mass is 16.5. The maximum atomic E-state index is 13.0. The smallest absolute Gasteiger partial charge is 0.329 e. The highest BCUT2D eigenvalue weighted by molar-refractivity contribution is 5.86. The van der Waals surface area contributed by atoms with Gasteiger partial charge in [-0.05, 0) is 35.2 Å². The van der Waals surface area contributed by atoms with Crippen LogP contribution in [-0.2, 0) is 34.0 Å². The molecule has 5 nitrogen and oxygen atoms in total. The number of benzene rings is 3. The standard InChI is InChI=1S/C27H27NO4/c29-26-15-8-16-28(26)25(27(30)32-20-22-11-5-2-6-12-22)18-23-13-7-14-24(17-23)31-19-21-9-3-1-4-10-21/h1-7,9-14,17,25H,8,15-16,18-20H2/t25-/m0/s1.